The summed E-state index contributed by atoms with van der Waals surface area (Å²) in [5.74, 6) is 3.09. The maximum absolute atomic E-state index is 11.7. The normalized spacial score (nSPS) is 68.0. The van der Waals surface area contributed by atoms with E-state index < -0.39 is 23.5 Å². The molecule has 0 aromatic heterocycles. The van der Waals surface area contributed by atoms with Crippen molar-refractivity contribution in [3.63, 3.8) is 0 Å². The Kier molecular flexibility index (Phi) is 3.52. The lowest BCUT2D eigenvalue weighted by Crippen LogP contribution is -2.64. The van der Waals surface area contributed by atoms with Crippen LogP contribution in [0.3, 0.4) is 0 Å². The minimum absolute atomic E-state index is 0.202. The fourth-order valence-electron chi connectivity index (χ4n) is 10.8. The first-order valence-electron chi connectivity index (χ1n) is 13.6. The largest absolute Gasteiger partial charge is 0.385 e. The van der Waals surface area contributed by atoms with Crippen LogP contribution in [0.1, 0.15) is 64.2 Å². The zero-order valence-corrected chi connectivity index (χ0v) is 18.8. The highest BCUT2D eigenvalue weighted by Gasteiger charge is 2.72. The Morgan fingerprint density at radius 1 is 0.594 bits per heavy atom. The Balaban J connectivity index is 1.01. The molecule has 176 valence electrons. The lowest BCUT2D eigenvalue weighted by molar-refractivity contribution is -0.370. The van der Waals surface area contributed by atoms with Gasteiger partial charge in [0.15, 0.2) is 11.6 Å². The molecule has 3 spiro atoms. The summed E-state index contributed by atoms with van der Waals surface area (Å²) >= 11 is 0. The topological polar surface area (TPSA) is 66.4 Å². The van der Waals surface area contributed by atoms with E-state index in [9.17, 15) is 5.11 Å². The van der Waals surface area contributed by atoms with Gasteiger partial charge >= 0.3 is 0 Å². The van der Waals surface area contributed by atoms with Crippen molar-refractivity contribution in [2.45, 2.75) is 99.9 Å². The fourth-order valence-corrected chi connectivity index (χ4v) is 10.8. The predicted molar refractivity (Wildman–Crippen MR) is 111 cm³/mol. The van der Waals surface area contributed by atoms with Crippen molar-refractivity contribution in [2.24, 2.45) is 47.3 Å². The van der Waals surface area contributed by atoms with Gasteiger partial charge in [-0.15, -0.1) is 0 Å². The summed E-state index contributed by atoms with van der Waals surface area (Å²) in [5, 5.41) is 11.7. The molecule has 11 aliphatic rings. The molecule has 4 atom stereocenters. The first-order valence-corrected chi connectivity index (χ1v) is 13.6. The third kappa shape index (κ3) is 2.16. The summed E-state index contributed by atoms with van der Waals surface area (Å²) < 4.78 is 33.3. The number of hydrogen-bond donors (Lipinski definition) is 1. The van der Waals surface area contributed by atoms with E-state index in [-0.39, 0.29) is 12.2 Å². The molecule has 32 heavy (non-hydrogen) atoms. The van der Waals surface area contributed by atoms with Crippen LogP contribution in [0.15, 0.2) is 0 Å². The number of ether oxygens (including phenoxy) is 5. The fraction of sp³-hybridized carbons (Fsp3) is 1.00. The molecular weight excluding hydrogens is 408 g/mol. The molecule has 0 aromatic carbocycles. The number of aliphatic hydroxyl groups excluding tert-OH is 1. The van der Waals surface area contributed by atoms with E-state index in [4.69, 9.17) is 23.7 Å². The summed E-state index contributed by atoms with van der Waals surface area (Å²) in [6.45, 7) is 0.739. The molecule has 0 aromatic rings. The SMILES string of the molecule is OC1[C@@H]2OC3(O[C@@H]2CO[C@]12COC1(O2)C2CC4CC(C2)CC1C4)C1CC2CC(C1)CC3C2. The molecule has 3 saturated heterocycles. The van der Waals surface area contributed by atoms with Gasteiger partial charge in [-0.1, -0.05) is 0 Å². The van der Waals surface area contributed by atoms with Gasteiger partial charge in [-0.3, -0.25) is 0 Å². The minimum atomic E-state index is -1.10. The average molecular weight is 445 g/mol. The highest BCUT2D eigenvalue weighted by atomic mass is 16.9. The van der Waals surface area contributed by atoms with Crippen LogP contribution in [0.25, 0.3) is 0 Å². The van der Waals surface area contributed by atoms with Gasteiger partial charge in [-0.05, 0) is 87.9 Å². The van der Waals surface area contributed by atoms with E-state index in [2.05, 4.69) is 0 Å². The molecule has 1 unspecified atom stereocenters. The van der Waals surface area contributed by atoms with E-state index in [1.54, 1.807) is 0 Å². The van der Waals surface area contributed by atoms with Crippen LogP contribution in [-0.4, -0.2) is 54.0 Å². The molecule has 6 nitrogen and oxygen atoms in total. The van der Waals surface area contributed by atoms with Gasteiger partial charge in [0.25, 0.3) is 0 Å². The smallest absolute Gasteiger partial charge is 0.224 e. The number of hydrogen-bond acceptors (Lipinski definition) is 6. The summed E-state index contributed by atoms with van der Waals surface area (Å²) in [6, 6.07) is 0. The number of aliphatic hydroxyl groups is 1. The van der Waals surface area contributed by atoms with E-state index >= 15 is 0 Å². The minimum Gasteiger partial charge on any atom is -0.385 e. The zero-order chi connectivity index (χ0) is 20.9. The first kappa shape index (κ1) is 19.0. The van der Waals surface area contributed by atoms with Crippen LogP contribution < -0.4 is 0 Å². The number of fused-ring (bicyclic) bond motifs is 1. The van der Waals surface area contributed by atoms with Crippen LogP contribution in [0, 0.1) is 47.3 Å². The molecule has 8 aliphatic carbocycles. The molecule has 8 saturated carbocycles. The van der Waals surface area contributed by atoms with Crippen molar-refractivity contribution in [3.8, 4) is 0 Å². The second-order valence-corrected chi connectivity index (χ2v) is 13.2. The molecule has 0 amide bonds. The van der Waals surface area contributed by atoms with Gasteiger partial charge in [-0.2, -0.15) is 0 Å². The van der Waals surface area contributed by atoms with Crippen LogP contribution in [0.2, 0.25) is 0 Å². The molecule has 3 heterocycles. The summed E-state index contributed by atoms with van der Waals surface area (Å²) in [7, 11) is 0. The van der Waals surface area contributed by atoms with Crippen molar-refractivity contribution in [1.82, 2.24) is 0 Å². The standard InChI is InChI=1S/C26H36O6/c27-23-22-21(30-26(31-22)19-7-15-2-16(9-19)10-20(26)8-15)11-28-24(23)12-29-25(32-24)17-3-13-1-14(5-17)6-18(25)4-13/h13-23,27H,1-12H2/t13?,14?,15?,16?,17?,18?,19?,20?,21-,22-,23?,24+,25?,26?/m1/s1. The van der Waals surface area contributed by atoms with E-state index in [0.29, 0.717) is 36.9 Å². The van der Waals surface area contributed by atoms with Crippen molar-refractivity contribution in [3.05, 3.63) is 0 Å². The van der Waals surface area contributed by atoms with Crippen molar-refractivity contribution in [2.75, 3.05) is 13.2 Å². The maximum Gasteiger partial charge on any atom is 0.224 e. The molecule has 0 radical (unpaired) electrons. The van der Waals surface area contributed by atoms with Gasteiger partial charge in [-0.25, -0.2) is 0 Å². The second kappa shape index (κ2) is 5.93. The highest BCUT2D eigenvalue weighted by Crippen LogP contribution is 2.65. The molecule has 8 bridgehead atoms. The molecule has 6 heteroatoms. The molecule has 11 rings (SSSR count). The summed E-state index contributed by atoms with van der Waals surface area (Å²) in [4.78, 5) is 0. The Labute approximate surface area is 189 Å². The quantitative estimate of drug-likeness (QED) is 0.619. The highest BCUT2D eigenvalue weighted by molar-refractivity contribution is 5.12. The third-order valence-electron chi connectivity index (χ3n) is 11.7. The Morgan fingerprint density at radius 2 is 1.12 bits per heavy atom. The van der Waals surface area contributed by atoms with Gasteiger partial charge < -0.3 is 28.8 Å². The summed E-state index contributed by atoms with van der Waals surface area (Å²) in [6.07, 6.45) is 11.1. The van der Waals surface area contributed by atoms with Gasteiger partial charge in [0.2, 0.25) is 5.79 Å². The maximum atomic E-state index is 11.7. The molecule has 11 fully saturated rings. The molecular formula is C26H36O6. The summed E-state index contributed by atoms with van der Waals surface area (Å²) in [5.41, 5.74) is 0. The van der Waals surface area contributed by atoms with Crippen LogP contribution in [-0.2, 0) is 23.7 Å². The zero-order valence-electron chi connectivity index (χ0n) is 18.8. The van der Waals surface area contributed by atoms with Gasteiger partial charge in [0.05, 0.1) is 6.61 Å². The Bertz CT molecular complexity index is 750. The lowest BCUT2D eigenvalue weighted by atomic mass is 9.53. The van der Waals surface area contributed by atoms with E-state index in [1.165, 1.54) is 64.2 Å². The Morgan fingerprint density at radius 3 is 1.69 bits per heavy atom. The van der Waals surface area contributed by atoms with Crippen molar-refractivity contribution >= 4 is 0 Å². The van der Waals surface area contributed by atoms with Crippen LogP contribution in [0.4, 0.5) is 0 Å². The molecule has 1 N–H and O–H groups in total. The van der Waals surface area contributed by atoms with E-state index in [1.807, 2.05) is 0 Å². The van der Waals surface area contributed by atoms with Crippen LogP contribution >= 0.6 is 0 Å². The van der Waals surface area contributed by atoms with Gasteiger partial charge in [0.1, 0.15) is 24.9 Å². The number of rotatable bonds is 0. The van der Waals surface area contributed by atoms with Crippen molar-refractivity contribution < 1.29 is 28.8 Å². The lowest BCUT2D eigenvalue weighted by Gasteiger charge is -2.58. The van der Waals surface area contributed by atoms with Crippen LogP contribution in [0.5, 0.6) is 0 Å². The monoisotopic (exact) mass is 444 g/mol. The van der Waals surface area contributed by atoms with Gasteiger partial charge in [0, 0.05) is 23.7 Å². The third-order valence-corrected chi connectivity index (χ3v) is 11.7. The predicted octanol–water partition coefficient (Wildman–Crippen LogP) is 3.21. The Hall–Kier alpha value is -0.240. The average Bonchev–Trinajstić information content (AvgIpc) is 3.35. The van der Waals surface area contributed by atoms with E-state index in [0.717, 1.165) is 23.7 Å². The van der Waals surface area contributed by atoms with Crippen molar-refractivity contribution in [1.29, 1.82) is 0 Å². The molecule has 3 aliphatic heterocycles. The second-order valence-electron chi connectivity index (χ2n) is 13.2. The first-order chi connectivity index (χ1) is 15.6.